The summed E-state index contributed by atoms with van der Waals surface area (Å²) < 4.78 is 0. The van der Waals surface area contributed by atoms with Crippen LogP contribution in [0, 0.1) is 5.92 Å². The van der Waals surface area contributed by atoms with Crippen LogP contribution in [0.5, 0.6) is 0 Å². The number of amides is 3. The second kappa shape index (κ2) is 11.3. The van der Waals surface area contributed by atoms with Crippen molar-refractivity contribution in [1.29, 1.82) is 0 Å². The molecule has 1 aliphatic heterocycles. The van der Waals surface area contributed by atoms with Gasteiger partial charge in [-0.3, -0.25) is 24.7 Å². The maximum Gasteiger partial charge on any atom is 0.321 e. The smallest absolute Gasteiger partial charge is 0.321 e. The van der Waals surface area contributed by atoms with Crippen molar-refractivity contribution in [2.24, 2.45) is 5.92 Å². The number of carboxylic acid groups (broad SMARTS) is 1. The van der Waals surface area contributed by atoms with Crippen LogP contribution in [0.25, 0.3) is 0 Å². The average molecular weight is 379 g/mol. The summed E-state index contributed by atoms with van der Waals surface area (Å²) >= 11 is 0. The normalized spacial score (nSPS) is 17.0. The van der Waals surface area contributed by atoms with Crippen LogP contribution in [0.2, 0.25) is 0 Å². The average Bonchev–Trinajstić information content (AvgIpc) is 2.51. The third-order valence-electron chi connectivity index (χ3n) is 4.34. The van der Waals surface area contributed by atoms with E-state index in [1.165, 1.54) is 0 Å². The number of halogens is 1. The Bertz CT molecular complexity index is 453. The van der Waals surface area contributed by atoms with Gasteiger partial charge in [-0.2, -0.15) is 0 Å². The van der Waals surface area contributed by atoms with Crippen LogP contribution < -0.4 is 10.6 Å². The minimum atomic E-state index is -0.833. The molecule has 0 bridgehead atoms. The summed E-state index contributed by atoms with van der Waals surface area (Å²) in [4.78, 5) is 38.5. The number of imide groups is 1. The molecule has 0 spiro atoms. The first-order chi connectivity index (χ1) is 11.2. The highest BCUT2D eigenvalue weighted by molar-refractivity contribution is 5.96. The fraction of sp³-hybridized carbons (Fsp3) is 0.812. The third-order valence-corrected chi connectivity index (χ3v) is 4.34. The third kappa shape index (κ3) is 8.51. The summed E-state index contributed by atoms with van der Waals surface area (Å²) in [6.45, 7) is 7.71. The van der Waals surface area contributed by atoms with E-state index in [4.69, 9.17) is 5.11 Å². The number of nitrogens with zero attached hydrogens (tertiary/aromatic N) is 2. The van der Waals surface area contributed by atoms with E-state index >= 15 is 0 Å². The molecule has 9 heteroatoms. The van der Waals surface area contributed by atoms with Gasteiger partial charge in [0, 0.05) is 25.7 Å². The summed E-state index contributed by atoms with van der Waals surface area (Å²) in [5, 5.41) is 13.9. The Morgan fingerprint density at radius 3 is 2.24 bits per heavy atom. The lowest BCUT2D eigenvalue weighted by molar-refractivity contribution is -0.138. The van der Waals surface area contributed by atoms with Crippen LogP contribution in [0.1, 0.15) is 33.6 Å². The number of carbonyl (C=O) groups is 3. The largest absolute Gasteiger partial charge is 0.480 e. The van der Waals surface area contributed by atoms with E-state index in [0.717, 1.165) is 12.8 Å². The Balaban J connectivity index is 0.00000576. The lowest BCUT2D eigenvalue weighted by atomic mass is 10.0. The molecule has 0 radical (unpaired) electrons. The summed E-state index contributed by atoms with van der Waals surface area (Å²) in [5.74, 6) is -0.821. The second-order valence-electron chi connectivity index (χ2n) is 6.85. The Morgan fingerprint density at radius 1 is 1.20 bits per heavy atom. The molecule has 1 saturated heterocycles. The number of likely N-dealkylation sites (N-methyl/N-ethyl adjacent to an activating group) is 1. The highest BCUT2D eigenvalue weighted by Gasteiger charge is 2.29. The molecule has 25 heavy (non-hydrogen) atoms. The molecular weight excluding hydrogens is 348 g/mol. The van der Waals surface area contributed by atoms with Crippen LogP contribution in [-0.4, -0.2) is 78.1 Å². The van der Waals surface area contributed by atoms with Gasteiger partial charge >= 0.3 is 12.0 Å². The van der Waals surface area contributed by atoms with Crippen LogP contribution in [-0.2, 0) is 9.59 Å². The maximum absolute atomic E-state index is 12.2. The highest BCUT2D eigenvalue weighted by atomic mass is 35.5. The fourth-order valence-corrected chi connectivity index (χ4v) is 2.78. The molecule has 1 heterocycles. The second-order valence-corrected chi connectivity index (χ2v) is 6.85. The Labute approximate surface area is 155 Å². The summed E-state index contributed by atoms with van der Waals surface area (Å²) in [6, 6.07) is -0.640. The van der Waals surface area contributed by atoms with E-state index in [-0.39, 0.29) is 36.9 Å². The quantitative estimate of drug-likeness (QED) is 0.604. The molecule has 1 atom stereocenters. The monoisotopic (exact) mass is 378 g/mol. The molecule has 3 amide bonds. The zero-order valence-corrected chi connectivity index (χ0v) is 16.3. The first-order valence-electron chi connectivity index (χ1n) is 8.45. The van der Waals surface area contributed by atoms with Gasteiger partial charge in [0.15, 0.2) is 0 Å². The predicted octanol–water partition coefficient (Wildman–Crippen LogP) is 0.759. The SMILES string of the molecule is CC(C)CNC(=O)NC(=O)C(C)N1CCC(N(C)CC(=O)O)CC1.Cl. The van der Waals surface area contributed by atoms with Crippen molar-refractivity contribution in [3.8, 4) is 0 Å². The number of nitrogens with one attached hydrogen (secondary N) is 2. The lowest BCUT2D eigenvalue weighted by Gasteiger charge is -2.38. The van der Waals surface area contributed by atoms with Gasteiger partial charge in [0.1, 0.15) is 0 Å². The number of rotatable bonds is 7. The number of aliphatic carboxylic acids is 1. The van der Waals surface area contributed by atoms with Gasteiger partial charge in [-0.05, 0) is 32.7 Å². The lowest BCUT2D eigenvalue weighted by Crippen LogP contribution is -2.53. The zero-order valence-electron chi connectivity index (χ0n) is 15.4. The van der Waals surface area contributed by atoms with Crippen LogP contribution in [0.3, 0.4) is 0 Å². The van der Waals surface area contributed by atoms with Gasteiger partial charge in [0.05, 0.1) is 12.6 Å². The number of piperidine rings is 1. The molecule has 1 rings (SSSR count). The van der Waals surface area contributed by atoms with Crippen molar-refractivity contribution in [3.63, 3.8) is 0 Å². The van der Waals surface area contributed by atoms with Crippen molar-refractivity contribution >= 4 is 30.3 Å². The first-order valence-corrected chi connectivity index (χ1v) is 8.45. The van der Waals surface area contributed by atoms with Crippen LogP contribution in [0.15, 0.2) is 0 Å². The Kier molecular flexibility index (Phi) is 10.7. The van der Waals surface area contributed by atoms with Crippen LogP contribution >= 0.6 is 12.4 Å². The highest BCUT2D eigenvalue weighted by Crippen LogP contribution is 2.17. The standard InChI is InChI=1S/C16H30N4O4.ClH/c1-11(2)9-17-16(24)18-15(23)12(3)20-7-5-13(6-8-20)19(4)10-14(21)22;/h11-13H,5-10H2,1-4H3,(H,21,22)(H2,17,18,23,24);1H. The van der Waals surface area contributed by atoms with E-state index < -0.39 is 12.0 Å². The predicted molar refractivity (Wildman–Crippen MR) is 98.0 cm³/mol. The number of carboxylic acids is 1. The number of hydrogen-bond acceptors (Lipinski definition) is 5. The molecule has 0 aromatic rings. The Morgan fingerprint density at radius 2 is 1.76 bits per heavy atom. The van der Waals surface area contributed by atoms with Gasteiger partial charge in [-0.15, -0.1) is 12.4 Å². The van der Waals surface area contributed by atoms with Gasteiger partial charge in [0.25, 0.3) is 0 Å². The van der Waals surface area contributed by atoms with Gasteiger partial charge in [-0.25, -0.2) is 4.79 Å². The molecular formula is C16H31ClN4O4. The van der Waals surface area contributed by atoms with E-state index in [9.17, 15) is 14.4 Å². The number of hydrogen-bond donors (Lipinski definition) is 3. The van der Waals surface area contributed by atoms with Crippen molar-refractivity contribution < 1.29 is 19.5 Å². The molecule has 1 unspecified atom stereocenters. The Hall–Kier alpha value is -1.38. The topological polar surface area (TPSA) is 102 Å². The molecule has 0 aromatic heterocycles. The summed E-state index contributed by atoms with van der Waals surface area (Å²) in [7, 11) is 1.81. The number of urea groups is 1. The molecule has 1 fully saturated rings. The summed E-state index contributed by atoms with van der Waals surface area (Å²) in [5.41, 5.74) is 0. The van der Waals surface area contributed by atoms with Gasteiger partial charge in [0.2, 0.25) is 5.91 Å². The van der Waals surface area contributed by atoms with Crippen LogP contribution in [0.4, 0.5) is 4.79 Å². The maximum atomic E-state index is 12.2. The minimum Gasteiger partial charge on any atom is -0.480 e. The van der Waals surface area contributed by atoms with Crippen molar-refractivity contribution in [1.82, 2.24) is 20.4 Å². The van der Waals surface area contributed by atoms with E-state index in [1.54, 1.807) is 6.92 Å². The van der Waals surface area contributed by atoms with Crippen molar-refractivity contribution in [2.75, 3.05) is 33.2 Å². The van der Waals surface area contributed by atoms with Gasteiger partial charge in [-0.1, -0.05) is 13.8 Å². The molecule has 8 nitrogen and oxygen atoms in total. The molecule has 146 valence electrons. The molecule has 0 aromatic carbocycles. The van der Waals surface area contributed by atoms with Crippen molar-refractivity contribution in [3.05, 3.63) is 0 Å². The first kappa shape index (κ1) is 23.6. The number of likely N-dealkylation sites (tertiary alicyclic amines) is 1. The van der Waals surface area contributed by atoms with E-state index in [0.29, 0.717) is 25.6 Å². The zero-order chi connectivity index (χ0) is 18.3. The van der Waals surface area contributed by atoms with Crippen molar-refractivity contribution in [2.45, 2.75) is 45.7 Å². The molecule has 1 aliphatic rings. The molecule has 3 N–H and O–H groups in total. The molecule has 0 saturated carbocycles. The van der Waals surface area contributed by atoms with E-state index in [1.807, 2.05) is 30.7 Å². The fourth-order valence-electron chi connectivity index (χ4n) is 2.78. The molecule has 0 aliphatic carbocycles. The van der Waals surface area contributed by atoms with E-state index in [2.05, 4.69) is 10.6 Å². The van der Waals surface area contributed by atoms with Gasteiger partial charge < -0.3 is 10.4 Å². The number of carbonyl (C=O) groups excluding carboxylic acids is 2. The summed E-state index contributed by atoms with van der Waals surface area (Å²) in [6.07, 6.45) is 1.61. The minimum absolute atomic E-state index is 0.